The van der Waals surface area contributed by atoms with Gasteiger partial charge in [0.25, 0.3) is 5.89 Å². The monoisotopic (exact) mass is 193 g/mol. The van der Waals surface area contributed by atoms with Crippen LogP contribution in [0.25, 0.3) is 11.5 Å². The number of hydrogen-bond donors (Lipinski definition) is 1. The van der Waals surface area contributed by atoms with Crippen molar-refractivity contribution >= 4 is 5.69 Å². The molecule has 0 bridgehead atoms. The van der Waals surface area contributed by atoms with Crippen LogP contribution in [0.3, 0.4) is 0 Å². The summed E-state index contributed by atoms with van der Waals surface area (Å²) in [6.45, 7) is 1.64. The van der Waals surface area contributed by atoms with Gasteiger partial charge < -0.3 is 10.2 Å². The summed E-state index contributed by atoms with van der Waals surface area (Å²) in [5.74, 6) is 0.102. The molecular formula is C9H8FN3O. The second-order valence-electron chi connectivity index (χ2n) is 2.87. The molecule has 2 N–H and O–H groups in total. The summed E-state index contributed by atoms with van der Waals surface area (Å²) in [7, 11) is 0. The minimum Gasteiger partial charge on any atom is -0.421 e. The van der Waals surface area contributed by atoms with Crippen molar-refractivity contribution in [3.05, 3.63) is 29.9 Å². The van der Waals surface area contributed by atoms with Crippen LogP contribution in [0.5, 0.6) is 0 Å². The first-order valence-electron chi connectivity index (χ1n) is 4.02. The molecule has 0 fully saturated rings. The third-order valence-corrected chi connectivity index (χ3v) is 1.75. The van der Waals surface area contributed by atoms with Crippen molar-refractivity contribution < 1.29 is 8.81 Å². The Morgan fingerprint density at radius 1 is 1.36 bits per heavy atom. The molecule has 0 spiro atoms. The van der Waals surface area contributed by atoms with Gasteiger partial charge in [0, 0.05) is 12.6 Å². The average molecular weight is 193 g/mol. The number of halogens is 1. The maximum Gasteiger partial charge on any atom is 0.250 e. The highest BCUT2D eigenvalue weighted by Crippen LogP contribution is 2.22. The third kappa shape index (κ3) is 1.44. The Labute approximate surface area is 79.6 Å². The number of nitrogens with zero attached hydrogens (tertiary/aromatic N) is 2. The lowest BCUT2D eigenvalue weighted by Gasteiger charge is -1.98. The SMILES string of the molecule is Cc1nnc(-c2ccc(N)cc2F)o1. The zero-order chi connectivity index (χ0) is 10.1. The number of benzene rings is 1. The molecular weight excluding hydrogens is 185 g/mol. The zero-order valence-electron chi connectivity index (χ0n) is 7.49. The number of nitrogens with two attached hydrogens (primary N) is 1. The fraction of sp³-hybridized carbons (Fsp3) is 0.111. The quantitative estimate of drug-likeness (QED) is 0.701. The van der Waals surface area contributed by atoms with Crippen molar-refractivity contribution in [2.75, 3.05) is 5.73 Å². The lowest BCUT2D eigenvalue weighted by molar-refractivity contribution is 0.526. The van der Waals surface area contributed by atoms with E-state index in [4.69, 9.17) is 10.2 Å². The molecule has 5 heteroatoms. The predicted molar refractivity (Wildman–Crippen MR) is 48.8 cm³/mol. The van der Waals surface area contributed by atoms with E-state index in [0.29, 0.717) is 11.6 Å². The molecule has 4 nitrogen and oxygen atoms in total. The number of anilines is 1. The Morgan fingerprint density at radius 3 is 2.71 bits per heavy atom. The Morgan fingerprint density at radius 2 is 2.14 bits per heavy atom. The van der Waals surface area contributed by atoms with Gasteiger partial charge in [-0.1, -0.05) is 0 Å². The highest BCUT2D eigenvalue weighted by molar-refractivity contribution is 5.57. The minimum atomic E-state index is -0.464. The smallest absolute Gasteiger partial charge is 0.250 e. The largest absolute Gasteiger partial charge is 0.421 e. The minimum absolute atomic E-state index is 0.167. The lowest BCUT2D eigenvalue weighted by atomic mass is 10.2. The van der Waals surface area contributed by atoms with Gasteiger partial charge in [0.05, 0.1) is 5.56 Å². The molecule has 0 saturated heterocycles. The van der Waals surface area contributed by atoms with E-state index in [-0.39, 0.29) is 11.5 Å². The summed E-state index contributed by atoms with van der Waals surface area (Å²) >= 11 is 0. The first-order valence-corrected chi connectivity index (χ1v) is 4.02. The highest BCUT2D eigenvalue weighted by Gasteiger charge is 2.11. The number of hydrogen-bond acceptors (Lipinski definition) is 4. The van der Waals surface area contributed by atoms with E-state index in [9.17, 15) is 4.39 Å². The van der Waals surface area contributed by atoms with Crippen molar-refractivity contribution in [1.29, 1.82) is 0 Å². The molecule has 0 saturated carbocycles. The molecule has 2 rings (SSSR count). The van der Waals surface area contributed by atoms with Crippen LogP contribution in [0.2, 0.25) is 0 Å². The highest BCUT2D eigenvalue weighted by atomic mass is 19.1. The van der Waals surface area contributed by atoms with Crippen LogP contribution in [-0.2, 0) is 0 Å². The number of aromatic nitrogens is 2. The van der Waals surface area contributed by atoms with Crippen LogP contribution in [0.1, 0.15) is 5.89 Å². The molecule has 72 valence electrons. The molecule has 0 aliphatic heterocycles. The second kappa shape index (κ2) is 3.10. The van der Waals surface area contributed by atoms with Crippen LogP contribution >= 0.6 is 0 Å². The van der Waals surface area contributed by atoms with Crippen molar-refractivity contribution in [2.24, 2.45) is 0 Å². The summed E-state index contributed by atoms with van der Waals surface area (Å²) < 4.78 is 18.4. The topological polar surface area (TPSA) is 64.9 Å². The van der Waals surface area contributed by atoms with Crippen LogP contribution in [0.15, 0.2) is 22.6 Å². The summed E-state index contributed by atoms with van der Waals surface area (Å²) in [5, 5.41) is 7.32. The van der Waals surface area contributed by atoms with E-state index in [1.807, 2.05) is 0 Å². The van der Waals surface area contributed by atoms with Crippen molar-refractivity contribution in [1.82, 2.24) is 10.2 Å². The summed E-state index contributed by atoms with van der Waals surface area (Å²) in [6.07, 6.45) is 0. The number of aryl methyl sites for hydroxylation is 1. The van der Waals surface area contributed by atoms with Crippen LogP contribution < -0.4 is 5.73 Å². The van der Waals surface area contributed by atoms with Gasteiger partial charge in [-0.2, -0.15) is 0 Å². The number of nitrogen functional groups attached to an aromatic ring is 1. The maximum absolute atomic E-state index is 13.3. The van der Waals surface area contributed by atoms with Gasteiger partial charge in [-0.15, -0.1) is 10.2 Å². The summed E-state index contributed by atoms with van der Waals surface area (Å²) in [5.41, 5.74) is 6.03. The molecule has 0 atom stereocenters. The summed E-state index contributed by atoms with van der Waals surface area (Å²) in [6, 6.07) is 4.31. The Hall–Kier alpha value is -1.91. The normalized spacial score (nSPS) is 10.4. The van der Waals surface area contributed by atoms with Gasteiger partial charge in [-0.25, -0.2) is 4.39 Å². The molecule has 1 heterocycles. The van der Waals surface area contributed by atoms with Gasteiger partial charge >= 0.3 is 0 Å². The van der Waals surface area contributed by atoms with Gasteiger partial charge in [-0.05, 0) is 18.2 Å². The molecule has 0 aliphatic carbocycles. The van der Waals surface area contributed by atoms with Gasteiger partial charge in [0.15, 0.2) is 0 Å². The van der Waals surface area contributed by atoms with Crippen molar-refractivity contribution in [3.63, 3.8) is 0 Å². The zero-order valence-corrected chi connectivity index (χ0v) is 7.49. The lowest BCUT2D eigenvalue weighted by Crippen LogP contribution is -1.89. The Kier molecular flexibility index (Phi) is 1.92. The molecule has 0 radical (unpaired) electrons. The fourth-order valence-electron chi connectivity index (χ4n) is 1.11. The standard InChI is InChI=1S/C9H8FN3O/c1-5-12-13-9(14-5)7-3-2-6(11)4-8(7)10/h2-4H,11H2,1H3. The van der Waals surface area contributed by atoms with E-state index >= 15 is 0 Å². The first-order chi connectivity index (χ1) is 6.66. The summed E-state index contributed by atoms with van der Waals surface area (Å²) in [4.78, 5) is 0. The predicted octanol–water partition coefficient (Wildman–Crippen LogP) is 1.77. The molecule has 0 aliphatic rings. The Bertz CT molecular complexity index is 467. The Balaban J connectivity index is 2.52. The average Bonchev–Trinajstić information content (AvgIpc) is 2.51. The van der Waals surface area contributed by atoms with E-state index in [2.05, 4.69) is 10.2 Å². The molecule has 1 aromatic heterocycles. The van der Waals surface area contributed by atoms with Crippen LogP contribution in [0.4, 0.5) is 10.1 Å². The first kappa shape index (κ1) is 8.68. The fourth-order valence-corrected chi connectivity index (χ4v) is 1.11. The van der Waals surface area contributed by atoms with E-state index in [1.165, 1.54) is 12.1 Å². The maximum atomic E-state index is 13.3. The van der Waals surface area contributed by atoms with Gasteiger partial charge in [0.1, 0.15) is 5.82 Å². The molecule has 2 aromatic rings. The van der Waals surface area contributed by atoms with Crippen molar-refractivity contribution in [2.45, 2.75) is 6.92 Å². The molecule has 0 unspecified atom stereocenters. The number of rotatable bonds is 1. The molecule has 1 aromatic carbocycles. The van der Waals surface area contributed by atoms with E-state index in [0.717, 1.165) is 0 Å². The van der Waals surface area contributed by atoms with Crippen LogP contribution in [-0.4, -0.2) is 10.2 Å². The van der Waals surface area contributed by atoms with Gasteiger partial charge in [0.2, 0.25) is 5.89 Å². The second-order valence-corrected chi connectivity index (χ2v) is 2.87. The van der Waals surface area contributed by atoms with Crippen molar-refractivity contribution in [3.8, 4) is 11.5 Å². The van der Waals surface area contributed by atoms with Gasteiger partial charge in [-0.3, -0.25) is 0 Å². The van der Waals surface area contributed by atoms with E-state index < -0.39 is 5.82 Å². The molecule has 14 heavy (non-hydrogen) atoms. The van der Waals surface area contributed by atoms with Crippen LogP contribution in [0, 0.1) is 12.7 Å². The van der Waals surface area contributed by atoms with E-state index in [1.54, 1.807) is 13.0 Å². The molecule has 0 amide bonds. The third-order valence-electron chi connectivity index (χ3n) is 1.75.